The van der Waals surface area contributed by atoms with E-state index in [1.165, 1.54) is 0 Å². The summed E-state index contributed by atoms with van der Waals surface area (Å²) < 4.78 is 0. The first-order valence-electron chi connectivity index (χ1n) is 9.14. The number of hydrazine groups is 1. The molecule has 4 rings (SSSR count). The van der Waals surface area contributed by atoms with Gasteiger partial charge in [0.1, 0.15) is 0 Å². The predicted molar refractivity (Wildman–Crippen MR) is 115 cm³/mol. The molecule has 0 aromatic heterocycles. The lowest BCUT2D eigenvalue weighted by Crippen LogP contribution is -2.35. The van der Waals surface area contributed by atoms with Crippen LogP contribution in [0.5, 0.6) is 0 Å². The van der Waals surface area contributed by atoms with Crippen molar-refractivity contribution in [3.63, 3.8) is 0 Å². The maximum Gasteiger partial charge on any atom is 0.0875 e. The Balaban J connectivity index is 1.83. The lowest BCUT2D eigenvalue weighted by atomic mass is 10.2. The third-order valence-electron chi connectivity index (χ3n) is 4.18. The van der Waals surface area contributed by atoms with E-state index < -0.39 is 0 Å². The second kappa shape index (κ2) is 8.64. The summed E-state index contributed by atoms with van der Waals surface area (Å²) in [6.45, 7) is 0. The van der Waals surface area contributed by atoms with Gasteiger partial charge in [0.25, 0.3) is 0 Å². The summed E-state index contributed by atoms with van der Waals surface area (Å²) in [6.07, 6.45) is 0. The molecule has 0 saturated heterocycles. The fraction of sp³-hybridized carbons (Fsp3) is 0. The Kier molecular flexibility index (Phi) is 5.40. The molecule has 0 aliphatic rings. The first kappa shape index (κ1) is 17.5. The molecule has 0 saturated carbocycles. The molecule has 136 valence electrons. The smallest absolute Gasteiger partial charge is 0.0875 e. The molecule has 28 heavy (non-hydrogen) atoms. The lowest BCUT2D eigenvalue weighted by Gasteiger charge is -2.33. The zero-order valence-electron chi connectivity index (χ0n) is 15.3. The SMILES string of the molecule is c1ccc(N=NN(c2ccccc2)N(c2ccccc2)c2ccccc2)cc1. The van der Waals surface area contributed by atoms with E-state index in [1.807, 2.05) is 107 Å². The maximum atomic E-state index is 4.60. The van der Waals surface area contributed by atoms with Crippen LogP contribution < -0.4 is 10.1 Å². The van der Waals surface area contributed by atoms with Gasteiger partial charge in [-0.3, -0.25) is 0 Å². The quantitative estimate of drug-likeness (QED) is 0.274. The van der Waals surface area contributed by atoms with Crippen molar-refractivity contribution in [1.82, 2.24) is 0 Å². The number of benzene rings is 4. The van der Waals surface area contributed by atoms with Gasteiger partial charge in [-0.05, 0) is 53.8 Å². The summed E-state index contributed by atoms with van der Waals surface area (Å²) in [5.41, 5.74) is 3.69. The van der Waals surface area contributed by atoms with E-state index in [2.05, 4.69) is 34.6 Å². The normalized spacial score (nSPS) is 10.7. The molecule has 4 aromatic rings. The van der Waals surface area contributed by atoms with Crippen molar-refractivity contribution in [3.05, 3.63) is 121 Å². The third-order valence-corrected chi connectivity index (χ3v) is 4.18. The van der Waals surface area contributed by atoms with Crippen LogP contribution in [0.15, 0.2) is 132 Å². The van der Waals surface area contributed by atoms with Gasteiger partial charge in [-0.25, -0.2) is 5.01 Å². The van der Waals surface area contributed by atoms with Gasteiger partial charge in [0.05, 0.1) is 22.7 Å². The minimum atomic E-state index is 0.796. The van der Waals surface area contributed by atoms with E-state index in [9.17, 15) is 0 Å². The summed E-state index contributed by atoms with van der Waals surface area (Å²) >= 11 is 0. The molecule has 0 aliphatic heterocycles. The third kappa shape index (κ3) is 4.07. The van der Waals surface area contributed by atoms with Crippen LogP contribution in [0.3, 0.4) is 0 Å². The maximum absolute atomic E-state index is 4.60. The van der Waals surface area contributed by atoms with E-state index in [1.54, 1.807) is 0 Å². The Morgan fingerprint density at radius 3 is 1.29 bits per heavy atom. The number of hydrogen-bond donors (Lipinski definition) is 0. The molecule has 0 spiro atoms. The highest BCUT2D eigenvalue weighted by atomic mass is 15.8. The molecule has 0 atom stereocenters. The molecule has 0 amide bonds. The van der Waals surface area contributed by atoms with E-state index in [0.717, 1.165) is 22.7 Å². The zero-order chi connectivity index (χ0) is 19.0. The fourth-order valence-corrected chi connectivity index (χ4v) is 2.86. The summed E-state index contributed by atoms with van der Waals surface area (Å²) in [6, 6.07) is 40.1. The van der Waals surface area contributed by atoms with Crippen LogP contribution in [0, 0.1) is 0 Å². The first-order valence-corrected chi connectivity index (χ1v) is 9.14. The van der Waals surface area contributed by atoms with Gasteiger partial charge >= 0.3 is 0 Å². The summed E-state index contributed by atoms with van der Waals surface area (Å²) in [5.74, 6) is 0. The van der Waals surface area contributed by atoms with Crippen LogP contribution in [-0.2, 0) is 0 Å². The van der Waals surface area contributed by atoms with Gasteiger partial charge in [0.2, 0.25) is 0 Å². The van der Waals surface area contributed by atoms with E-state index in [0.29, 0.717) is 0 Å². The second-order valence-electron chi connectivity index (χ2n) is 6.13. The molecule has 4 aromatic carbocycles. The topological polar surface area (TPSA) is 31.2 Å². The summed E-state index contributed by atoms with van der Waals surface area (Å²) in [5, 5.41) is 12.9. The van der Waals surface area contributed by atoms with Crippen molar-refractivity contribution >= 4 is 22.7 Å². The minimum Gasteiger partial charge on any atom is -0.232 e. The molecule has 0 aliphatic carbocycles. The Labute approximate surface area is 165 Å². The van der Waals surface area contributed by atoms with Gasteiger partial charge in [-0.15, -0.1) is 10.2 Å². The number of anilines is 3. The Bertz CT molecular complexity index is 964. The van der Waals surface area contributed by atoms with Crippen molar-refractivity contribution < 1.29 is 0 Å². The largest absolute Gasteiger partial charge is 0.232 e. The molecule has 0 unspecified atom stereocenters. The highest BCUT2D eigenvalue weighted by Crippen LogP contribution is 2.31. The molecule has 0 fully saturated rings. The summed E-state index contributed by atoms with van der Waals surface area (Å²) in [7, 11) is 0. The van der Waals surface area contributed by atoms with Crippen molar-refractivity contribution in [3.8, 4) is 0 Å². The average Bonchev–Trinajstić information content (AvgIpc) is 2.79. The molecule has 0 N–H and O–H groups in total. The average molecular weight is 364 g/mol. The summed E-state index contributed by atoms with van der Waals surface area (Å²) in [4.78, 5) is 0. The van der Waals surface area contributed by atoms with Gasteiger partial charge in [-0.1, -0.05) is 72.8 Å². The molecular formula is C24H20N4. The zero-order valence-corrected chi connectivity index (χ0v) is 15.3. The van der Waals surface area contributed by atoms with Crippen molar-refractivity contribution in [2.24, 2.45) is 10.3 Å². The van der Waals surface area contributed by atoms with Crippen LogP contribution in [0.4, 0.5) is 22.7 Å². The Morgan fingerprint density at radius 1 is 0.429 bits per heavy atom. The van der Waals surface area contributed by atoms with Gasteiger partial charge in [0.15, 0.2) is 0 Å². The molecule has 4 nitrogen and oxygen atoms in total. The lowest BCUT2D eigenvalue weighted by molar-refractivity contribution is 0.815. The molecule has 0 bridgehead atoms. The molecule has 0 radical (unpaired) electrons. The number of para-hydroxylation sites is 3. The van der Waals surface area contributed by atoms with Crippen LogP contribution >= 0.6 is 0 Å². The highest BCUT2D eigenvalue weighted by molar-refractivity contribution is 5.69. The van der Waals surface area contributed by atoms with Crippen LogP contribution in [0.2, 0.25) is 0 Å². The number of hydrogen-bond acceptors (Lipinski definition) is 3. The number of nitrogens with zero attached hydrogens (tertiary/aromatic N) is 4. The standard InChI is InChI=1S/C24H20N4/c1-5-13-21(14-6-1)25-26-28(24-19-11-4-12-20-24)27(22-15-7-2-8-16-22)23-17-9-3-10-18-23/h1-20H. The van der Waals surface area contributed by atoms with E-state index in [-0.39, 0.29) is 0 Å². The predicted octanol–water partition coefficient (Wildman–Crippen LogP) is 6.95. The van der Waals surface area contributed by atoms with Gasteiger partial charge in [0, 0.05) is 0 Å². The Morgan fingerprint density at radius 2 is 0.821 bits per heavy atom. The van der Waals surface area contributed by atoms with Crippen LogP contribution in [-0.4, -0.2) is 0 Å². The van der Waals surface area contributed by atoms with Gasteiger partial charge in [-0.2, -0.15) is 0 Å². The van der Waals surface area contributed by atoms with Crippen LogP contribution in [0.25, 0.3) is 0 Å². The molecule has 0 heterocycles. The minimum absolute atomic E-state index is 0.796. The van der Waals surface area contributed by atoms with Crippen LogP contribution in [0.1, 0.15) is 0 Å². The van der Waals surface area contributed by atoms with Gasteiger partial charge < -0.3 is 0 Å². The monoisotopic (exact) mass is 364 g/mol. The van der Waals surface area contributed by atoms with Crippen molar-refractivity contribution in [1.29, 1.82) is 0 Å². The number of rotatable bonds is 6. The highest BCUT2D eigenvalue weighted by Gasteiger charge is 2.19. The first-order chi connectivity index (χ1) is 13.9. The molecule has 4 heteroatoms. The van der Waals surface area contributed by atoms with Crippen molar-refractivity contribution in [2.45, 2.75) is 0 Å². The van der Waals surface area contributed by atoms with E-state index >= 15 is 0 Å². The fourth-order valence-electron chi connectivity index (χ4n) is 2.86. The second-order valence-corrected chi connectivity index (χ2v) is 6.13. The Hall–Kier alpha value is -3.92. The van der Waals surface area contributed by atoms with E-state index in [4.69, 9.17) is 0 Å². The van der Waals surface area contributed by atoms with Crippen molar-refractivity contribution in [2.75, 3.05) is 10.1 Å². The molecular weight excluding hydrogens is 344 g/mol.